The van der Waals surface area contributed by atoms with Crippen molar-refractivity contribution in [2.24, 2.45) is 0 Å². The summed E-state index contributed by atoms with van der Waals surface area (Å²) in [7, 11) is 1.64. The Morgan fingerprint density at radius 1 is 1.06 bits per heavy atom. The van der Waals surface area contributed by atoms with Crippen molar-refractivity contribution < 1.29 is 9.53 Å². The fourth-order valence-electron chi connectivity index (χ4n) is 3.54. The number of nitrogens with zero attached hydrogens (tertiary/aromatic N) is 3. The summed E-state index contributed by atoms with van der Waals surface area (Å²) in [6, 6.07) is 23.4. The molecule has 1 saturated carbocycles. The molecule has 4 aromatic rings. The molecular formula is C26H23ClN4O2S. The molecule has 1 amide bonds. The lowest BCUT2D eigenvalue weighted by Gasteiger charge is -2.12. The van der Waals surface area contributed by atoms with Crippen LogP contribution in [0.25, 0.3) is 17.1 Å². The standard InChI is InChI=1S/C26H23ClN4O2S/c1-33-21-14-12-20(13-15-21)31-24(22-4-2-3-5-23(22)27)29-30-26(31)34-16-17-6-8-18(9-7-17)25(32)28-19-10-11-19/h2-9,12-15,19H,10-11,16H2,1H3,(H,28,32). The van der Waals surface area contributed by atoms with Gasteiger partial charge in [0, 0.05) is 28.6 Å². The van der Waals surface area contributed by atoms with Crippen LogP contribution in [-0.2, 0) is 5.75 Å². The van der Waals surface area contributed by atoms with Crippen LogP contribution in [0.15, 0.2) is 78.0 Å². The third-order valence-electron chi connectivity index (χ3n) is 5.58. The van der Waals surface area contributed by atoms with Crippen molar-refractivity contribution in [3.05, 3.63) is 88.9 Å². The highest BCUT2D eigenvalue weighted by atomic mass is 35.5. The first-order valence-corrected chi connectivity index (χ1v) is 12.4. The SMILES string of the molecule is COc1ccc(-n2c(SCc3ccc(C(=O)NC4CC4)cc3)nnc2-c2ccccc2Cl)cc1. The topological polar surface area (TPSA) is 69.0 Å². The van der Waals surface area contributed by atoms with Crippen LogP contribution in [0.5, 0.6) is 5.75 Å². The summed E-state index contributed by atoms with van der Waals surface area (Å²) in [5.41, 5.74) is 3.50. The van der Waals surface area contributed by atoms with Crippen LogP contribution in [0.1, 0.15) is 28.8 Å². The van der Waals surface area contributed by atoms with Gasteiger partial charge in [0.2, 0.25) is 0 Å². The van der Waals surface area contributed by atoms with Crippen LogP contribution in [0.4, 0.5) is 0 Å². The Labute approximate surface area is 207 Å². The van der Waals surface area contributed by atoms with Gasteiger partial charge in [0.25, 0.3) is 5.91 Å². The zero-order chi connectivity index (χ0) is 23.5. The summed E-state index contributed by atoms with van der Waals surface area (Å²) in [5, 5.41) is 13.3. The summed E-state index contributed by atoms with van der Waals surface area (Å²) in [4.78, 5) is 12.2. The highest BCUT2D eigenvalue weighted by Gasteiger charge is 2.23. The van der Waals surface area contributed by atoms with E-state index >= 15 is 0 Å². The third kappa shape index (κ3) is 4.95. The molecule has 1 heterocycles. The zero-order valence-corrected chi connectivity index (χ0v) is 20.1. The van der Waals surface area contributed by atoms with Gasteiger partial charge in [0.1, 0.15) is 5.75 Å². The molecular weight excluding hydrogens is 468 g/mol. The second-order valence-corrected chi connectivity index (χ2v) is 9.40. The van der Waals surface area contributed by atoms with Crippen LogP contribution >= 0.6 is 23.4 Å². The van der Waals surface area contributed by atoms with E-state index in [0.29, 0.717) is 28.2 Å². The smallest absolute Gasteiger partial charge is 0.251 e. The predicted octanol–water partition coefficient (Wildman–Crippen LogP) is 5.78. The average molecular weight is 491 g/mol. The number of amides is 1. The summed E-state index contributed by atoms with van der Waals surface area (Å²) in [5.74, 6) is 2.12. The molecule has 5 rings (SSSR count). The molecule has 34 heavy (non-hydrogen) atoms. The summed E-state index contributed by atoms with van der Waals surface area (Å²) in [6.45, 7) is 0. The van der Waals surface area contributed by atoms with Gasteiger partial charge in [-0.05, 0) is 66.9 Å². The maximum absolute atomic E-state index is 12.2. The number of benzene rings is 3. The van der Waals surface area contributed by atoms with Crippen molar-refractivity contribution in [2.75, 3.05) is 7.11 Å². The van der Waals surface area contributed by atoms with E-state index in [1.54, 1.807) is 18.9 Å². The van der Waals surface area contributed by atoms with E-state index in [-0.39, 0.29) is 5.91 Å². The highest BCUT2D eigenvalue weighted by molar-refractivity contribution is 7.98. The number of hydrogen-bond acceptors (Lipinski definition) is 5. The molecule has 1 aromatic heterocycles. The number of rotatable bonds is 8. The minimum absolute atomic E-state index is 0.00895. The van der Waals surface area contributed by atoms with Crippen molar-refractivity contribution >= 4 is 29.3 Å². The Morgan fingerprint density at radius 3 is 2.47 bits per heavy atom. The minimum atomic E-state index is -0.00895. The lowest BCUT2D eigenvalue weighted by atomic mass is 10.1. The van der Waals surface area contributed by atoms with Gasteiger partial charge in [0.15, 0.2) is 11.0 Å². The molecule has 8 heteroatoms. The summed E-state index contributed by atoms with van der Waals surface area (Å²) in [6.07, 6.45) is 2.15. The van der Waals surface area contributed by atoms with E-state index in [1.165, 1.54) is 0 Å². The number of ether oxygens (including phenoxy) is 1. The van der Waals surface area contributed by atoms with Crippen LogP contribution in [0, 0.1) is 0 Å². The second kappa shape index (κ2) is 9.91. The van der Waals surface area contributed by atoms with E-state index in [2.05, 4.69) is 15.5 Å². The number of carbonyl (C=O) groups is 1. The van der Waals surface area contributed by atoms with E-state index < -0.39 is 0 Å². The molecule has 3 aromatic carbocycles. The molecule has 0 atom stereocenters. The molecule has 172 valence electrons. The monoisotopic (exact) mass is 490 g/mol. The zero-order valence-electron chi connectivity index (χ0n) is 18.6. The van der Waals surface area contributed by atoms with E-state index in [1.807, 2.05) is 77.4 Å². The number of carbonyl (C=O) groups excluding carboxylic acids is 1. The fraction of sp³-hybridized carbons (Fsp3) is 0.192. The van der Waals surface area contributed by atoms with E-state index in [0.717, 1.165) is 40.6 Å². The Morgan fingerprint density at radius 2 is 1.79 bits per heavy atom. The quantitative estimate of drug-likeness (QED) is 0.317. The Kier molecular flexibility index (Phi) is 6.56. The van der Waals surface area contributed by atoms with Crippen LogP contribution in [0.3, 0.4) is 0 Å². The van der Waals surface area contributed by atoms with E-state index in [9.17, 15) is 4.79 Å². The van der Waals surface area contributed by atoms with Crippen LogP contribution in [0.2, 0.25) is 5.02 Å². The number of nitrogens with one attached hydrogen (secondary N) is 1. The lowest BCUT2D eigenvalue weighted by molar-refractivity contribution is 0.0951. The number of hydrogen-bond donors (Lipinski definition) is 1. The van der Waals surface area contributed by atoms with Crippen molar-refractivity contribution in [3.63, 3.8) is 0 Å². The third-order valence-corrected chi connectivity index (χ3v) is 6.91. The maximum atomic E-state index is 12.2. The highest BCUT2D eigenvalue weighted by Crippen LogP contribution is 2.33. The first-order chi connectivity index (χ1) is 16.6. The Balaban J connectivity index is 1.40. The van der Waals surface area contributed by atoms with Gasteiger partial charge >= 0.3 is 0 Å². The van der Waals surface area contributed by atoms with Crippen molar-refractivity contribution in [1.29, 1.82) is 0 Å². The fourth-order valence-corrected chi connectivity index (χ4v) is 4.67. The van der Waals surface area contributed by atoms with Crippen molar-refractivity contribution in [3.8, 4) is 22.8 Å². The van der Waals surface area contributed by atoms with Gasteiger partial charge in [-0.1, -0.05) is 47.6 Å². The molecule has 0 saturated heterocycles. The maximum Gasteiger partial charge on any atom is 0.251 e. The molecule has 0 unspecified atom stereocenters. The van der Waals surface area contributed by atoms with Gasteiger partial charge in [-0.2, -0.15) is 0 Å². The predicted molar refractivity (Wildman–Crippen MR) is 135 cm³/mol. The van der Waals surface area contributed by atoms with Crippen LogP contribution in [-0.4, -0.2) is 33.8 Å². The second-order valence-electron chi connectivity index (χ2n) is 8.05. The van der Waals surface area contributed by atoms with Crippen molar-refractivity contribution in [2.45, 2.75) is 29.8 Å². The van der Waals surface area contributed by atoms with Gasteiger partial charge in [0.05, 0.1) is 12.1 Å². The van der Waals surface area contributed by atoms with Crippen LogP contribution < -0.4 is 10.1 Å². The molecule has 1 fully saturated rings. The first-order valence-electron chi connectivity index (χ1n) is 11.0. The van der Waals surface area contributed by atoms with E-state index in [4.69, 9.17) is 16.3 Å². The van der Waals surface area contributed by atoms with Crippen molar-refractivity contribution in [1.82, 2.24) is 20.1 Å². The first kappa shape index (κ1) is 22.5. The molecule has 1 aliphatic rings. The number of methoxy groups -OCH3 is 1. The average Bonchev–Trinajstić information content (AvgIpc) is 3.59. The summed E-state index contributed by atoms with van der Waals surface area (Å²) < 4.78 is 7.31. The largest absolute Gasteiger partial charge is 0.497 e. The molecule has 6 nitrogen and oxygen atoms in total. The molecule has 1 aliphatic carbocycles. The molecule has 0 aliphatic heterocycles. The van der Waals surface area contributed by atoms with Gasteiger partial charge in [-0.15, -0.1) is 10.2 Å². The Hall–Kier alpha value is -3.29. The molecule has 1 N–H and O–H groups in total. The number of halogens is 1. The summed E-state index contributed by atoms with van der Waals surface area (Å²) >= 11 is 8.06. The number of thioether (sulfide) groups is 1. The van der Waals surface area contributed by atoms with Gasteiger partial charge < -0.3 is 10.1 Å². The van der Waals surface area contributed by atoms with Gasteiger partial charge in [-0.3, -0.25) is 9.36 Å². The van der Waals surface area contributed by atoms with Gasteiger partial charge in [-0.25, -0.2) is 0 Å². The minimum Gasteiger partial charge on any atom is -0.497 e. The lowest BCUT2D eigenvalue weighted by Crippen LogP contribution is -2.25. The molecule has 0 bridgehead atoms. The Bertz CT molecular complexity index is 1300. The number of aromatic nitrogens is 3. The molecule has 0 radical (unpaired) electrons. The normalized spacial score (nSPS) is 13.0. The molecule has 0 spiro atoms.